The second-order valence-corrected chi connectivity index (χ2v) is 4.72. The molecule has 2 rings (SSSR count). The zero-order valence-corrected chi connectivity index (χ0v) is 12.6. The van der Waals surface area contributed by atoms with Crippen LogP contribution in [0.5, 0.6) is 11.5 Å². The maximum Gasteiger partial charge on any atom is 0.311 e. The number of nitrogens with zero attached hydrogens (tertiary/aromatic N) is 3. The summed E-state index contributed by atoms with van der Waals surface area (Å²) in [5.74, 6) is -0.108. The summed E-state index contributed by atoms with van der Waals surface area (Å²) >= 11 is 0. The third kappa shape index (κ3) is 4.40. The first-order valence-electron chi connectivity index (χ1n) is 6.97. The fourth-order valence-electron chi connectivity index (χ4n) is 1.68. The first-order valence-corrected chi connectivity index (χ1v) is 6.97. The molecule has 0 saturated carbocycles. The molecular formula is C15H17N5O3. The lowest BCUT2D eigenvalue weighted by atomic mass is 10.3. The summed E-state index contributed by atoms with van der Waals surface area (Å²) in [7, 11) is 0. The molecule has 2 aromatic rings. The van der Waals surface area contributed by atoms with Gasteiger partial charge in [0.15, 0.2) is 17.4 Å². The Morgan fingerprint density at radius 1 is 1.22 bits per heavy atom. The molecule has 0 aliphatic rings. The number of carbonyl (C=O) groups is 1. The lowest BCUT2D eigenvalue weighted by Gasteiger charge is -2.08. The Balaban J connectivity index is 2.24. The van der Waals surface area contributed by atoms with Crippen molar-refractivity contribution >= 4 is 29.0 Å². The summed E-state index contributed by atoms with van der Waals surface area (Å²) in [5.41, 5.74) is 12.2. The zero-order chi connectivity index (χ0) is 16.8. The summed E-state index contributed by atoms with van der Waals surface area (Å²) in [4.78, 5) is 15.5. The SMILES string of the molecule is CCCC(=O)Oc1cc(N=Nc2ccc(O)cc2)c(N)nc1N. The van der Waals surface area contributed by atoms with Crippen LogP contribution in [0.3, 0.4) is 0 Å². The molecule has 1 aromatic carbocycles. The van der Waals surface area contributed by atoms with Crippen molar-refractivity contribution in [2.24, 2.45) is 10.2 Å². The predicted molar refractivity (Wildman–Crippen MR) is 85.9 cm³/mol. The molecule has 0 amide bonds. The number of aromatic nitrogens is 1. The second-order valence-electron chi connectivity index (χ2n) is 4.72. The summed E-state index contributed by atoms with van der Waals surface area (Å²) in [6.45, 7) is 1.86. The van der Waals surface area contributed by atoms with Gasteiger partial charge in [-0.05, 0) is 30.7 Å². The van der Waals surface area contributed by atoms with Crippen molar-refractivity contribution < 1.29 is 14.6 Å². The largest absolute Gasteiger partial charge is 0.508 e. The van der Waals surface area contributed by atoms with Gasteiger partial charge in [-0.2, -0.15) is 5.11 Å². The van der Waals surface area contributed by atoms with E-state index in [1.807, 2.05) is 6.92 Å². The summed E-state index contributed by atoms with van der Waals surface area (Å²) in [6, 6.07) is 7.55. The smallest absolute Gasteiger partial charge is 0.311 e. The third-order valence-electron chi connectivity index (χ3n) is 2.82. The van der Waals surface area contributed by atoms with Crippen molar-refractivity contribution in [1.82, 2.24) is 4.98 Å². The number of phenolic OH excluding ortho intramolecular Hbond substituents is 1. The standard InChI is InChI=1S/C15H17N5O3/c1-2-3-13(22)23-12-8-11(14(16)18-15(12)17)20-19-9-4-6-10(21)7-5-9/h4-8,21H,2-3H2,1H3,(H4,16,17,18). The van der Waals surface area contributed by atoms with Gasteiger partial charge >= 0.3 is 5.97 Å². The van der Waals surface area contributed by atoms with E-state index < -0.39 is 5.97 Å². The lowest BCUT2D eigenvalue weighted by molar-refractivity contribution is -0.134. The Bertz CT molecular complexity index is 729. The summed E-state index contributed by atoms with van der Waals surface area (Å²) in [6.07, 6.45) is 0.933. The summed E-state index contributed by atoms with van der Waals surface area (Å²) < 4.78 is 5.13. The van der Waals surface area contributed by atoms with E-state index in [2.05, 4.69) is 15.2 Å². The molecule has 0 aliphatic heterocycles. The van der Waals surface area contributed by atoms with Crippen molar-refractivity contribution in [2.75, 3.05) is 11.5 Å². The molecule has 120 valence electrons. The lowest BCUT2D eigenvalue weighted by Crippen LogP contribution is -2.09. The average molecular weight is 315 g/mol. The molecule has 0 unspecified atom stereocenters. The number of benzene rings is 1. The molecule has 0 saturated heterocycles. The number of aromatic hydroxyl groups is 1. The Labute approximate surface area is 132 Å². The Hall–Kier alpha value is -3.16. The van der Waals surface area contributed by atoms with Crippen LogP contribution >= 0.6 is 0 Å². The van der Waals surface area contributed by atoms with Crippen LogP contribution in [0.25, 0.3) is 0 Å². The number of pyridine rings is 1. The van der Waals surface area contributed by atoms with E-state index in [0.29, 0.717) is 12.1 Å². The highest BCUT2D eigenvalue weighted by Gasteiger charge is 2.12. The van der Waals surface area contributed by atoms with Crippen LogP contribution < -0.4 is 16.2 Å². The first-order chi connectivity index (χ1) is 11.0. The number of phenols is 1. The minimum atomic E-state index is -0.410. The molecule has 1 heterocycles. The number of ether oxygens (including phenoxy) is 1. The van der Waals surface area contributed by atoms with Crippen LogP contribution in [0.15, 0.2) is 40.6 Å². The number of nitrogens with two attached hydrogens (primary N) is 2. The van der Waals surface area contributed by atoms with E-state index in [0.717, 1.165) is 0 Å². The fraction of sp³-hybridized carbons (Fsp3) is 0.200. The van der Waals surface area contributed by atoms with Crippen molar-refractivity contribution in [3.05, 3.63) is 30.3 Å². The number of hydrogen-bond donors (Lipinski definition) is 3. The normalized spacial score (nSPS) is 10.8. The maximum absolute atomic E-state index is 11.6. The predicted octanol–water partition coefficient (Wildman–Crippen LogP) is 3.07. The molecule has 5 N–H and O–H groups in total. The number of anilines is 2. The quantitative estimate of drug-likeness (QED) is 0.573. The van der Waals surface area contributed by atoms with Crippen LogP contribution in [0, 0.1) is 0 Å². The molecule has 0 radical (unpaired) electrons. The number of esters is 1. The molecule has 0 bridgehead atoms. The van der Waals surface area contributed by atoms with Gasteiger partial charge < -0.3 is 21.3 Å². The van der Waals surface area contributed by atoms with Crippen LogP contribution in [0.2, 0.25) is 0 Å². The number of nitrogen functional groups attached to an aromatic ring is 2. The van der Waals surface area contributed by atoms with E-state index in [1.54, 1.807) is 12.1 Å². The highest BCUT2D eigenvalue weighted by molar-refractivity contribution is 5.76. The van der Waals surface area contributed by atoms with Gasteiger partial charge in [0.2, 0.25) is 0 Å². The van der Waals surface area contributed by atoms with Gasteiger partial charge in [-0.1, -0.05) is 6.92 Å². The molecule has 1 aromatic heterocycles. The van der Waals surface area contributed by atoms with Crippen molar-refractivity contribution in [3.63, 3.8) is 0 Å². The van der Waals surface area contributed by atoms with Gasteiger partial charge in [-0.15, -0.1) is 5.11 Å². The molecule has 8 heteroatoms. The average Bonchev–Trinajstić information content (AvgIpc) is 2.50. The van der Waals surface area contributed by atoms with Crippen LogP contribution in [0.1, 0.15) is 19.8 Å². The van der Waals surface area contributed by atoms with Crippen LogP contribution in [0.4, 0.5) is 23.0 Å². The Morgan fingerprint density at radius 2 is 1.91 bits per heavy atom. The van der Waals surface area contributed by atoms with E-state index in [4.69, 9.17) is 16.2 Å². The van der Waals surface area contributed by atoms with Gasteiger partial charge in [0.25, 0.3) is 0 Å². The molecule has 0 spiro atoms. The highest BCUT2D eigenvalue weighted by atomic mass is 16.5. The number of azo groups is 1. The Morgan fingerprint density at radius 3 is 2.57 bits per heavy atom. The monoisotopic (exact) mass is 315 g/mol. The summed E-state index contributed by atoms with van der Waals surface area (Å²) in [5, 5.41) is 17.2. The fourth-order valence-corrected chi connectivity index (χ4v) is 1.68. The molecule has 23 heavy (non-hydrogen) atoms. The third-order valence-corrected chi connectivity index (χ3v) is 2.82. The first kappa shape index (κ1) is 16.2. The topological polar surface area (TPSA) is 136 Å². The minimum absolute atomic E-state index is 0.00976. The Kier molecular flexibility index (Phi) is 5.08. The zero-order valence-electron chi connectivity index (χ0n) is 12.6. The van der Waals surface area contributed by atoms with Crippen molar-refractivity contribution in [1.29, 1.82) is 0 Å². The number of carbonyl (C=O) groups excluding carboxylic acids is 1. The maximum atomic E-state index is 11.6. The van der Waals surface area contributed by atoms with E-state index in [9.17, 15) is 9.90 Å². The van der Waals surface area contributed by atoms with E-state index in [-0.39, 0.29) is 35.2 Å². The number of hydrogen-bond acceptors (Lipinski definition) is 8. The molecule has 0 aliphatic carbocycles. The van der Waals surface area contributed by atoms with E-state index >= 15 is 0 Å². The number of rotatable bonds is 5. The van der Waals surface area contributed by atoms with Crippen molar-refractivity contribution in [2.45, 2.75) is 19.8 Å². The highest BCUT2D eigenvalue weighted by Crippen LogP contribution is 2.31. The second kappa shape index (κ2) is 7.21. The minimum Gasteiger partial charge on any atom is -0.508 e. The van der Waals surface area contributed by atoms with Gasteiger partial charge in [-0.25, -0.2) is 4.98 Å². The molecule has 0 fully saturated rings. The van der Waals surface area contributed by atoms with Gasteiger partial charge in [0.1, 0.15) is 11.4 Å². The van der Waals surface area contributed by atoms with Crippen molar-refractivity contribution in [3.8, 4) is 11.5 Å². The van der Waals surface area contributed by atoms with E-state index in [1.165, 1.54) is 18.2 Å². The van der Waals surface area contributed by atoms with Gasteiger partial charge in [0.05, 0.1) is 5.69 Å². The van der Waals surface area contributed by atoms with Crippen LogP contribution in [-0.2, 0) is 4.79 Å². The van der Waals surface area contributed by atoms with Gasteiger partial charge in [-0.3, -0.25) is 4.79 Å². The van der Waals surface area contributed by atoms with Gasteiger partial charge in [0, 0.05) is 12.5 Å². The molecular weight excluding hydrogens is 298 g/mol. The van der Waals surface area contributed by atoms with Crippen LogP contribution in [-0.4, -0.2) is 16.1 Å². The molecule has 0 atom stereocenters. The molecule has 8 nitrogen and oxygen atoms in total.